The zero-order valence-electron chi connectivity index (χ0n) is 16.6. The first kappa shape index (κ1) is 21.1. The van der Waals surface area contributed by atoms with Crippen molar-refractivity contribution in [3.8, 4) is 0 Å². The lowest BCUT2D eigenvalue weighted by Crippen LogP contribution is -2.26. The van der Waals surface area contributed by atoms with Gasteiger partial charge in [-0.3, -0.25) is 4.79 Å². The largest absolute Gasteiger partial charge is 0.343 e. The second-order valence-electron chi connectivity index (χ2n) is 6.70. The van der Waals surface area contributed by atoms with Crippen LogP contribution in [0.15, 0.2) is 59.8 Å². The Balaban J connectivity index is 1.61. The lowest BCUT2D eigenvalue weighted by molar-refractivity contribution is -0.117. The minimum atomic E-state index is -0.274. The van der Waals surface area contributed by atoms with Gasteiger partial charge in [-0.25, -0.2) is 0 Å². The van der Waals surface area contributed by atoms with Gasteiger partial charge in [0.2, 0.25) is 5.91 Å². The number of hydrogen-bond donors (Lipinski definition) is 1. The Bertz CT molecular complexity index is 1030. The first-order chi connectivity index (χ1) is 14.0. The fourth-order valence-corrected chi connectivity index (χ4v) is 4.04. The van der Waals surface area contributed by atoms with Crippen LogP contribution in [0.5, 0.6) is 0 Å². The molecule has 0 aliphatic rings. The van der Waals surface area contributed by atoms with Crippen molar-refractivity contribution in [2.24, 2.45) is 7.05 Å². The molecule has 0 aliphatic carbocycles. The summed E-state index contributed by atoms with van der Waals surface area (Å²) in [5.41, 5.74) is 3.33. The summed E-state index contributed by atoms with van der Waals surface area (Å²) >= 11 is 7.74. The van der Waals surface area contributed by atoms with Crippen LogP contribution < -0.4 is 5.32 Å². The summed E-state index contributed by atoms with van der Waals surface area (Å²) in [6.07, 6.45) is 3.17. The molecule has 0 saturated heterocycles. The van der Waals surface area contributed by atoms with Gasteiger partial charge in [0.15, 0.2) is 11.0 Å². The standard InChI is InChI=1S/C22H23ClN4OS/c1-15-8-4-5-10-18(15)14-29-22-26-25-21(27(22)3)16(2)24-20(28)13-12-17-9-6-7-11-19(17)23/h4-13,16H,14H2,1-3H3,(H,24,28)/b13-12+. The number of nitrogens with one attached hydrogen (secondary N) is 1. The van der Waals surface area contributed by atoms with Crippen LogP contribution in [0.25, 0.3) is 6.08 Å². The average molecular weight is 427 g/mol. The number of nitrogens with zero attached hydrogens (tertiary/aromatic N) is 3. The molecule has 150 valence electrons. The highest BCUT2D eigenvalue weighted by Crippen LogP contribution is 2.24. The van der Waals surface area contributed by atoms with Crippen molar-refractivity contribution < 1.29 is 4.79 Å². The third-order valence-corrected chi connectivity index (χ3v) is 5.97. The monoisotopic (exact) mass is 426 g/mol. The Morgan fingerprint density at radius 2 is 1.93 bits per heavy atom. The number of aromatic nitrogens is 3. The van der Waals surface area contributed by atoms with Gasteiger partial charge in [0.05, 0.1) is 6.04 Å². The molecule has 1 amide bonds. The summed E-state index contributed by atoms with van der Waals surface area (Å²) in [5.74, 6) is 1.31. The van der Waals surface area contributed by atoms with E-state index in [2.05, 4.69) is 34.6 Å². The highest BCUT2D eigenvalue weighted by Gasteiger charge is 2.17. The van der Waals surface area contributed by atoms with Crippen molar-refractivity contribution in [3.05, 3.63) is 82.1 Å². The number of amides is 1. The van der Waals surface area contributed by atoms with E-state index in [9.17, 15) is 4.79 Å². The summed E-state index contributed by atoms with van der Waals surface area (Å²) in [6, 6.07) is 15.4. The van der Waals surface area contributed by atoms with Crippen LogP contribution in [-0.2, 0) is 17.6 Å². The number of benzene rings is 2. The SMILES string of the molecule is Cc1ccccc1CSc1nnc(C(C)NC(=O)/C=C/c2ccccc2Cl)n1C. The molecule has 0 aliphatic heterocycles. The molecule has 0 bridgehead atoms. The van der Waals surface area contributed by atoms with E-state index in [0.717, 1.165) is 16.5 Å². The van der Waals surface area contributed by atoms with E-state index in [4.69, 9.17) is 11.6 Å². The number of carbonyl (C=O) groups excluding carboxylic acids is 1. The van der Waals surface area contributed by atoms with Gasteiger partial charge in [-0.15, -0.1) is 10.2 Å². The summed E-state index contributed by atoms with van der Waals surface area (Å²) in [7, 11) is 1.91. The zero-order valence-corrected chi connectivity index (χ0v) is 18.2. The Morgan fingerprint density at radius 1 is 1.21 bits per heavy atom. The minimum absolute atomic E-state index is 0.213. The van der Waals surface area contributed by atoms with Crippen molar-refractivity contribution in [1.29, 1.82) is 0 Å². The van der Waals surface area contributed by atoms with Crippen LogP contribution in [0, 0.1) is 6.92 Å². The van der Waals surface area contributed by atoms with E-state index in [1.165, 1.54) is 17.2 Å². The Kier molecular flexibility index (Phi) is 7.12. The summed E-state index contributed by atoms with van der Waals surface area (Å²) in [6.45, 7) is 3.99. The number of thioether (sulfide) groups is 1. The zero-order chi connectivity index (χ0) is 20.8. The fourth-order valence-electron chi connectivity index (χ4n) is 2.85. The second kappa shape index (κ2) is 9.76. The predicted octanol–water partition coefficient (Wildman–Crippen LogP) is 4.96. The van der Waals surface area contributed by atoms with Crippen LogP contribution in [0.2, 0.25) is 5.02 Å². The van der Waals surface area contributed by atoms with Gasteiger partial charge in [0, 0.05) is 23.9 Å². The molecule has 0 spiro atoms. The summed E-state index contributed by atoms with van der Waals surface area (Å²) < 4.78 is 1.92. The van der Waals surface area contributed by atoms with Crippen LogP contribution in [0.4, 0.5) is 0 Å². The third kappa shape index (κ3) is 5.49. The van der Waals surface area contributed by atoms with Crippen molar-refractivity contribution in [3.63, 3.8) is 0 Å². The maximum Gasteiger partial charge on any atom is 0.244 e. The number of halogens is 1. The van der Waals surface area contributed by atoms with Crippen LogP contribution in [0.1, 0.15) is 35.5 Å². The van der Waals surface area contributed by atoms with Gasteiger partial charge in [-0.05, 0) is 42.7 Å². The van der Waals surface area contributed by atoms with Crippen LogP contribution in [0.3, 0.4) is 0 Å². The molecule has 7 heteroatoms. The first-order valence-electron chi connectivity index (χ1n) is 9.25. The molecular formula is C22H23ClN4OS. The van der Waals surface area contributed by atoms with Gasteiger partial charge in [-0.2, -0.15) is 0 Å². The second-order valence-corrected chi connectivity index (χ2v) is 8.05. The normalized spacial score (nSPS) is 12.3. The van der Waals surface area contributed by atoms with Gasteiger partial charge in [-0.1, -0.05) is 65.8 Å². The van der Waals surface area contributed by atoms with Crippen molar-refractivity contribution in [2.75, 3.05) is 0 Å². The van der Waals surface area contributed by atoms with Gasteiger partial charge < -0.3 is 9.88 Å². The lowest BCUT2D eigenvalue weighted by atomic mass is 10.1. The minimum Gasteiger partial charge on any atom is -0.343 e. The lowest BCUT2D eigenvalue weighted by Gasteiger charge is -2.12. The van der Waals surface area contributed by atoms with Crippen molar-refractivity contribution >= 4 is 35.3 Å². The molecule has 1 heterocycles. The van der Waals surface area contributed by atoms with E-state index in [-0.39, 0.29) is 11.9 Å². The molecular weight excluding hydrogens is 404 g/mol. The quantitative estimate of drug-likeness (QED) is 0.428. The molecule has 1 atom stereocenters. The molecule has 1 aromatic heterocycles. The highest BCUT2D eigenvalue weighted by molar-refractivity contribution is 7.98. The van der Waals surface area contributed by atoms with E-state index in [0.29, 0.717) is 10.8 Å². The maximum atomic E-state index is 12.3. The Morgan fingerprint density at radius 3 is 2.69 bits per heavy atom. The van der Waals surface area contributed by atoms with E-state index >= 15 is 0 Å². The highest BCUT2D eigenvalue weighted by atomic mass is 35.5. The number of carbonyl (C=O) groups is 1. The van der Waals surface area contributed by atoms with Gasteiger partial charge in [0.25, 0.3) is 0 Å². The fraction of sp³-hybridized carbons (Fsp3) is 0.227. The summed E-state index contributed by atoms with van der Waals surface area (Å²) in [5, 5.41) is 12.9. The average Bonchev–Trinajstić information content (AvgIpc) is 3.07. The van der Waals surface area contributed by atoms with E-state index in [1.54, 1.807) is 23.9 Å². The Hall–Kier alpha value is -2.57. The van der Waals surface area contributed by atoms with E-state index < -0.39 is 0 Å². The molecule has 29 heavy (non-hydrogen) atoms. The summed E-state index contributed by atoms with van der Waals surface area (Å²) in [4.78, 5) is 12.3. The smallest absolute Gasteiger partial charge is 0.244 e. The molecule has 3 aromatic rings. The topological polar surface area (TPSA) is 59.8 Å². The maximum absolute atomic E-state index is 12.3. The van der Waals surface area contributed by atoms with E-state index in [1.807, 2.05) is 48.9 Å². The van der Waals surface area contributed by atoms with Crippen LogP contribution in [-0.4, -0.2) is 20.7 Å². The molecule has 3 rings (SSSR count). The first-order valence-corrected chi connectivity index (χ1v) is 10.6. The van der Waals surface area contributed by atoms with Gasteiger partial charge in [0.1, 0.15) is 0 Å². The number of hydrogen-bond acceptors (Lipinski definition) is 4. The van der Waals surface area contributed by atoms with Crippen molar-refractivity contribution in [2.45, 2.75) is 30.8 Å². The van der Waals surface area contributed by atoms with Crippen LogP contribution >= 0.6 is 23.4 Å². The van der Waals surface area contributed by atoms with Crippen molar-refractivity contribution in [1.82, 2.24) is 20.1 Å². The molecule has 0 fully saturated rings. The molecule has 0 saturated carbocycles. The Labute approximate surface area is 180 Å². The molecule has 1 N–H and O–H groups in total. The van der Waals surface area contributed by atoms with Gasteiger partial charge >= 0.3 is 0 Å². The molecule has 1 unspecified atom stereocenters. The molecule has 2 aromatic carbocycles. The number of rotatable bonds is 7. The molecule has 5 nitrogen and oxygen atoms in total. The third-order valence-electron chi connectivity index (χ3n) is 4.55. The molecule has 0 radical (unpaired) electrons. The predicted molar refractivity (Wildman–Crippen MR) is 119 cm³/mol. The number of aryl methyl sites for hydroxylation is 1.